The number of rotatable bonds is 9. The highest BCUT2D eigenvalue weighted by atomic mass is 32.1. The number of hydrogen-bond acceptors (Lipinski definition) is 3. The van der Waals surface area contributed by atoms with Crippen LogP contribution in [0.3, 0.4) is 0 Å². The first-order valence-electron chi connectivity index (χ1n) is 6.55. The molecule has 2 nitrogen and oxygen atoms in total. The monoisotopic (exact) mass is 240 g/mol. The largest absolute Gasteiger partial charge is 0.362 e. The molecule has 1 N–H and O–H groups in total. The van der Waals surface area contributed by atoms with E-state index < -0.39 is 0 Å². The number of anilines is 1. The molecule has 1 aromatic heterocycles. The van der Waals surface area contributed by atoms with Crippen molar-refractivity contribution in [2.75, 3.05) is 11.9 Å². The van der Waals surface area contributed by atoms with E-state index in [4.69, 9.17) is 0 Å². The Morgan fingerprint density at radius 1 is 1.12 bits per heavy atom. The second-order valence-corrected chi connectivity index (χ2v) is 5.05. The highest BCUT2D eigenvalue weighted by molar-refractivity contribution is 7.13. The molecule has 16 heavy (non-hydrogen) atoms. The number of aromatic nitrogens is 1. The maximum Gasteiger partial charge on any atom is 0.182 e. The Balaban J connectivity index is 1.98. The molecule has 0 aromatic carbocycles. The minimum absolute atomic E-state index is 1.04. The second kappa shape index (κ2) is 8.57. The maximum absolute atomic E-state index is 4.48. The number of hydrogen-bond donors (Lipinski definition) is 1. The van der Waals surface area contributed by atoms with Gasteiger partial charge in [-0.25, -0.2) is 4.98 Å². The van der Waals surface area contributed by atoms with Crippen LogP contribution in [0.2, 0.25) is 0 Å². The van der Waals surface area contributed by atoms with Gasteiger partial charge >= 0.3 is 0 Å². The molecule has 1 rings (SSSR count). The van der Waals surface area contributed by atoms with Gasteiger partial charge in [-0.3, -0.25) is 0 Å². The predicted octanol–water partition coefficient (Wildman–Crippen LogP) is 4.48. The van der Waals surface area contributed by atoms with Crippen molar-refractivity contribution < 1.29 is 0 Å². The summed E-state index contributed by atoms with van der Waals surface area (Å²) in [6.07, 6.45) is 9.15. The molecule has 92 valence electrons. The number of aryl methyl sites for hydroxylation is 1. The van der Waals surface area contributed by atoms with Crippen LogP contribution >= 0.6 is 11.3 Å². The lowest BCUT2D eigenvalue weighted by Crippen LogP contribution is -2.01. The topological polar surface area (TPSA) is 24.9 Å². The molecule has 1 heterocycles. The highest BCUT2D eigenvalue weighted by Crippen LogP contribution is 2.15. The first-order chi connectivity index (χ1) is 7.86. The summed E-state index contributed by atoms with van der Waals surface area (Å²) in [6.45, 7) is 5.48. The molecular formula is C13H24N2S. The molecule has 0 aliphatic heterocycles. The van der Waals surface area contributed by atoms with Crippen LogP contribution in [0.15, 0.2) is 5.38 Å². The molecular weight excluding hydrogens is 216 g/mol. The number of nitrogens with one attached hydrogen (secondary N) is 1. The molecule has 1 aromatic rings. The van der Waals surface area contributed by atoms with Gasteiger partial charge in [0.05, 0.1) is 5.69 Å². The van der Waals surface area contributed by atoms with E-state index in [1.54, 1.807) is 11.3 Å². The van der Waals surface area contributed by atoms with Crippen LogP contribution < -0.4 is 5.32 Å². The molecule has 3 heteroatoms. The lowest BCUT2D eigenvalue weighted by Gasteiger charge is -2.02. The fourth-order valence-corrected chi connectivity index (χ4v) is 2.47. The average molecular weight is 240 g/mol. The SMILES string of the molecule is CCCCCCCCNc1nc(CC)cs1. The summed E-state index contributed by atoms with van der Waals surface area (Å²) >= 11 is 1.72. The van der Waals surface area contributed by atoms with Crippen molar-refractivity contribution >= 4 is 16.5 Å². The standard InChI is InChI=1S/C13H24N2S/c1-3-5-6-7-8-9-10-14-13-15-12(4-2)11-16-13/h11H,3-10H2,1-2H3,(H,14,15). The van der Waals surface area contributed by atoms with Gasteiger partial charge in [0.2, 0.25) is 0 Å². The minimum atomic E-state index is 1.04. The van der Waals surface area contributed by atoms with E-state index in [0.29, 0.717) is 0 Å². The summed E-state index contributed by atoms with van der Waals surface area (Å²) in [5.74, 6) is 0. The Labute approximate surface area is 103 Å². The Morgan fingerprint density at radius 2 is 1.88 bits per heavy atom. The fourth-order valence-electron chi connectivity index (χ4n) is 1.65. The van der Waals surface area contributed by atoms with Gasteiger partial charge in [-0.15, -0.1) is 11.3 Å². The molecule has 0 spiro atoms. The summed E-state index contributed by atoms with van der Waals surface area (Å²) in [4.78, 5) is 4.48. The van der Waals surface area contributed by atoms with Crippen molar-refractivity contribution in [3.05, 3.63) is 11.1 Å². The molecule has 0 saturated heterocycles. The van der Waals surface area contributed by atoms with E-state index in [2.05, 4.69) is 29.5 Å². The van der Waals surface area contributed by atoms with Crippen molar-refractivity contribution in [3.8, 4) is 0 Å². The molecule has 0 bridgehead atoms. The second-order valence-electron chi connectivity index (χ2n) is 4.19. The lowest BCUT2D eigenvalue weighted by atomic mass is 10.1. The quantitative estimate of drug-likeness (QED) is 0.644. The van der Waals surface area contributed by atoms with Crippen molar-refractivity contribution in [2.45, 2.75) is 58.8 Å². The van der Waals surface area contributed by atoms with Crippen LogP contribution in [-0.4, -0.2) is 11.5 Å². The number of thiazole rings is 1. The Kier molecular flexibility index (Phi) is 7.23. The van der Waals surface area contributed by atoms with Crippen molar-refractivity contribution in [1.29, 1.82) is 0 Å². The zero-order chi connectivity index (χ0) is 11.6. The zero-order valence-corrected chi connectivity index (χ0v) is 11.4. The average Bonchev–Trinajstić information content (AvgIpc) is 2.76. The molecule has 0 amide bonds. The fraction of sp³-hybridized carbons (Fsp3) is 0.769. The van der Waals surface area contributed by atoms with Crippen LogP contribution in [0.1, 0.15) is 58.1 Å². The molecule has 0 saturated carbocycles. The summed E-state index contributed by atoms with van der Waals surface area (Å²) in [5.41, 5.74) is 1.20. The summed E-state index contributed by atoms with van der Waals surface area (Å²) in [5, 5.41) is 6.63. The molecule has 0 aliphatic carbocycles. The van der Waals surface area contributed by atoms with E-state index in [1.165, 1.54) is 44.2 Å². The third-order valence-corrected chi connectivity index (χ3v) is 3.57. The summed E-state index contributed by atoms with van der Waals surface area (Å²) in [7, 11) is 0. The summed E-state index contributed by atoms with van der Waals surface area (Å²) < 4.78 is 0. The van der Waals surface area contributed by atoms with Gasteiger partial charge < -0.3 is 5.32 Å². The van der Waals surface area contributed by atoms with Gasteiger partial charge in [0.15, 0.2) is 5.13 Å². The molecule has 0 atom stereocenters. The molecule has 0 aliphatic rings. The van der Waals surface area contributed by atoms with Gasteiger partial charge in [0, 0.05) is 11.9 Å². The molecule has 0 fully saturated rings. The minimum Gasteiger partial charge on any atom is -0.362 e. The van der Waals surface area contributed by atoms with Crippen molar-refractivity contribution in [2.24, 2.45) is 0 Å². The van der Waals surface area contributed by atoms with Crippen LogP contribution in [0, 0.1) is 0 Å². The third-order valence-electron chi connectivity index (χ3n) is 2.72. The first-order valence-corrected chi connectivity index (χ1v) is 7.43. The Bertz CT molecular complexity index is 271. The van der Waals surface area contributed by atoms with E-state index in [1.807, 2.05) is 0 Å². The third kappa shape index (κ3) is 5.50. The predicted molar refractivity (Wildman–Crippen MR) is 73.4 cm³/mol. The van der Waals surface area contributed by atoms with Gasteiger partial charge in [-0.2, -0.15) is 0 Å². The van der Waals surface area contributed by atoms with Gasteiger partial charge in [0.1, 0.15) is 0 Å². The van der Waals surface area contributed by atoms with Crippen LogP contribution in [0.5, 0.6) is 0 Å². The molecule has 0 unspecified atom stereocenters. The van der Waals surface area contributed by atoms with Crippen LogP contribution in [-0.2, 0) is 6.42 Å². The van der Waals surface area contributed by atoms with Gasteiger partial charge in [0.25, 0.3) is 0 Å². The van der Waals surface area contributed by atoms with Gasteiger partial charge in [-0.05, 0) is 12.8 Å². The Hall–Kier alpha value is -0.570. The van der Waals surface area contributed by atoms with E-state index in [-0.39, 0.29) is 0 Å². The molecule has 0 radical (unpaired) electrons. The van der Waals surface area contributed by atoms with Crippen molar-refractivity contribution in [1.82, 2.24) is 4.98 Å². The highest BCUT2D eigenvalue weighted by Gasteiger charge is 1.98. The lowest BCUT2D eigenvalue weighted by molar-refractivity contribution is 0.617. The van der Waals surface area contributed by atoms with Crippen LogP contribution in [0.25, 0.3) is 0 Å². The smallest absolute Gasteiger partial charge is 0.182 e. The van der Waals surface area contributed by atoms with E-state index in [9.17, 15) is 0 Å². The van der Waals surface area contributed by atoms with Crippen LogP contribution in [0.4, 0.5) is 5.13 Å². The number of unbranched alkanes of at least 4 members (excludes halogenated alkanes) is 5. The van der Waals surface area contributed by atoms with Gasteiger partial charge in [-0.1, -0.05) is 46.0 Å². The van der Waals surface area contributed by atoms with E-state index >= 15 is 0 Å². The normalized spacial score (nSPS) is 10.6. The number of nitrogens with zero attached hydrogens (tertiary/aromatic N) is 1. The maximum atomic E-state index is 4.48. The summed E-state index contributed by atoms with van der Waals surface area (Å²) in [6, 6.07) is 0. The Morgan fingerprint density at radius 3 is 2.56 bits per heavy atom. The van der Waals surface area contributed by atoms with Crippen molar-refractivity contribution in [3.63, 3.8) is 0 Å². The first kappa shape index (κ1) is 13.5. The van der Waals surface area contributed by atoms with E-state index in [0.717, 1.165) is 18.1 Å². The zero-order valence-electron chi connectivity index (χ0n) is 10.6.